The molecule has 24 heavy (non-hydrogen) atoms. The van der Waals surface area contributed by atoms with Gasteiger partial charge in [-0.25, -0.2) is 8.78 Å². The van der Waals surface area contributed by atoms with Gasteiger partial charge in [0.05, 0.1) is 12.2 Å². The topological polar surface area (TPSA) is 0 Å². The predicted molar refractivity (Wildman–Crippen MR) is 94.2 cm³/mol. The Morgan fingerprint density at radius 3 is 2.08 bits per heavy atom. The summed E-state index contributed by atoms with van der Waals surface area (Å²) in [6.07, 6.45) is 1.19. The maximum absolute atomic E-state index is 14.5. The predicted octanol–water partition coefficient (Wildman–Crippen LogP) is 6.43. The summed E-state index contributed by atoms with van der Waals surface area (Å²) >= 11 is 1.41. The first kappa shape index (κ1) is 16.8. The van der Waals surface area contributed by atoms with Gasteiger partial charge in [-0.3, -0.25) is 4.39 Å². The molecule has 0 radical (unpaired) electrons. The van der Waals surface area contributed by atoms with Crippen molar-refractivity contribution in [3.8, 4) is 21.6 Å². The van der Waals surface area contributed by atoms with E-state index in [0.29, 0.717) is 22.4 Å². The minimum atomic E-state index is -0.567. The molecule has 4 heteroatoms. The summed E-state index contributed by atoms with van der Waals surface area (Å²) in [6, 6.07) is 13.5. The Morgan fingerprint density at radius 2 is 1.54 bits per heavy atom. The van der Waals surface area contributed by atoms with Crippen LogP contribution in [-0.2, 0) is 12.8 Å². The van der Waals surface area contributed by atoms with Crippen LogP contribution in [0.15, 0.2) is 48.5 Å². The van der Waals surface area contributed by atoms with Crippen LogP contribution >= 0.6 is 11.3 Å². The number of hydrogen-bond donors (Lipinski definition) is 0. The van der Waals surface area contributed by atoms with E-state index >= 15 is 0 Å². The van der Waals surface area contributed by atoms with Gasteiger partial charge in [0, 0.05) is 16.2 Å². The number of halogens is 3. The van der Waals surface area contributed by atoms with E-state index in [0.717, 1.165) is 16.9 Å². The highest BCUT2D eigenvalue weighted by atomic mass is 32.1. The molecule has 0 fully saturated rings. The second-order valence-electron chi connectivity index (χ2n) is 5.57. The third-order valence-electron chi connectivity index (χ3n) is 3.97. The monoisotopic (exact) mass is 346 g/mol. The van der Waals surface area contributed by atoms with Crippen LogP contribution < -0.4 is 0 Å². The third-order valence-corrected chi connectivity index (χ3v) is 5.22. The second-order valence-corrected chi connectivity index (χ2v) is 6.74. The van der Waals surface area contributed by atoms with Crippen LogP contribution in [0.2, 0.25) is 0 Å². The van der Waals surface area contributed by atoms with E-state index in [4.69, 9.17) is 0 Å². The Morgan fingerprint density at radius 1 is 0.875 bits per heavy atom. The molecular weight excluding hydrogens is 329 g/mol. The summed E-state index contributed by atoms with van der Waals surface area (Å²) in [5.74, 6) is -1.13. The zero-order valence-corrected chi connectivity index (χ0v) is 14.1. The van der Waals surface area contributed by atoms with Crippen molar-refractivity contribution in [2.24, 2.45) is 0 Å². The Balaban J connectivity index is 1.97. The molecule has 0 saturated carbocycles. The molecule has 0 amide bonds. The van der Waals surface area contributed by atoms with Gasteiger partial charge in [-0.1, -0.05) is 31.2 Å². The average Bonchev–Trinajstić information content (AvgIpc) is 3.04. The first-order chi connectivity index (χ1) is 11.6. The van der Waals surface area contributed by atoms with Crippen molar-refractivity contribution in [3.63, 3.8) is 0 Å². The van der Waals surface area contributed by atoms with Gasteiger partial charge < -0.3 is 0 Å². The molecule has 0 spiro atoms. The smallest absolute Gasteiger partial charge is 0.135 e. The summed E-state index contributed by atoms with van der Waals surface area (Å²) in [4.78, 5) is 1.70. The van der Waals surface area contributed by atoms with Crippen molar-refractivity contribution in [1.82, 2.24) is 0 Å². The lowest BCUT2D eigenvalue weighted by Gasteiger charge is -2.08. The van der Waals surface area contributed by atoms with Crippen molar-refractivity contribution < 1.29 is 13.2 Å². The normalized spacial score (nSPS) is 11.0. The van der Waals surface area contributed by atoms with Gasteiger partial charge in [-0.05, 0) is 47.4 Å². The largest absolute Gasteiger partial charge is 0.251 e. The molecule has 0 aliphatic rings. The number of thiophene rings is 1. The molecule has 0 bridgehead atoms. The highest BCUT2D eigenvalue weighted by molar-refractivity contribution is 7.15. The molecule has 0 saturated heterocycles. The average molecular weight is 346 g/mol. The van der Waals surface area contributed by atoms with Crippen molar-refractivity contribution in [2.75, 3.05) is 6.67 Å². The number of aryl methyl sites for hydroxylation is 2. The van der Waals surface area contributed by atoms with E-state index in [1.165, 1.54) is 23.5 Å². The van der Waals surface area contributed by atoms with Crippen LogP contribution in [0.1, 0.15) is 17.4 Å². The molecule has 0 aliphatic heterocycles. The lowest BCUT2D eigenvalue weighted by Crippen LogP contribution is -1.91. The van der Waals surface area contributed by atoms with Gasteiger partial charge in [-0.2, -0.15) is 0 Å². The van der Waals surface area contributed by atoms with E-state index < -0.39 is 18.3 Å². The van der Waals surface area contributed by atoms with Gasteiger partial charge >= 0.3 is 0 Å². The standard InChI is InChI=1S/C20H17F3S/c1-2-16-7-8-19(24-16)20-17(22)11-15(12-18(20)23)14-5-3-13(4-6-14)9-10-21/h3-8,11-12H,2,9-10H2,1H3. The second kappa shape index (κ2) is 7.22. The number of rotatable bonds is 5. The maximum Gasteiger partial charge on any atom is 0.135 e. The van der Waals surface area contributed by atoms with Crippen molar-refractivity contribution in [2.45, 2.75) is 19.8 Å². The summed E-state index contributed by atoms with van der Waals surface area (Å²) in [7, 11) is 0. The van der Waals surface area contributed by atoms with Gasteiger partial charge in [0.15, 0.2) is 0 Å². The minimum Gasteiger partial charge on any atom is -0.251 e. The summed E-state index contributed by atoms with van der Waals surface area (Å²) < 4.78 is 41.4. The van der Waals surface area contributed by atoms with E-state index in [2.05, 4.69) is 0 Å². The highest BCUT2D eigenvalue weighted by Crippen LogP contribution is 2.35. The van der Waals surface area contributed by atoms with Crippen LogP contribution in [0.5, 0.6) is 0 Å². The number of benzene rings is 2. The molecule has 1 heterocycles. The van der Waals surface area contributed by atoms with E-state index in [-0.39, 0.29) is 5.56 Å². The molecule has 1 aromatic heterocycles. The minimum absolute atomic E-state index is 0.0255. The quantitative estimate of drug-likeness (QED) is 0.499. The van der Waals surface area contributed by atoms with Crippen LogP contribution in [0.4, 0.5) is 13.2 Å². The van der Waals surface area contributed by atoms with E-state index in [9.17, 15) is 13.2 Å². The SMILES string of the molecule is CCc1ccc(-c2c(F)cc(-c3ccc(CCF)cc3)cc2F)s1. The van der Waals surface area contributed by atoms with E-state index in [1.807, 2.05) is 13.0 Å². The summed E-state index contributed by atoms with van der Waals surface area (Å²) in [5.41, 5.74) is 2.08. The lowest BCUT2D eigenvalue weighted by molar-refractivity contribution is 0.495. The van der Waals surface area contributed by atoms with Gasteiger partial charge in [-0.15, -0.1) is 11.3 Å². The van der Waals surface area contributed by atoms with Crippen molar-refractivity contribution in [3.05, 3.63) is 70.6 Å². The van der Waals surface area contributed by atoms with Crippen LogP contribution in [-0.4, -0.2) is 6.67 Å². The molecule has 0 atom stereocenters. The van der Waals surface area contributed by atoms with Crippen molar-refractivity contribution in [1.29, 1.82) is 0 Å². The molecule has 2 aromatic carbocycles. The number of hydrogen-bond acceptors (Lipinski definition) is 1. The van der Waals surface area contributed by atoms with Gasteiger partial charge in [0.2, 0.25) is 0 Å². The molecule has 0 nitrogen and oxygen atoms in total. The lowest BCUT2D eigenvalue weighted by atomic mass is 10.0. The fourth-order valence-corrected chi connectivity index (χ4v) is 3.65. The molecular formula is C20H17F3S. The molecule has 124 valence electrons. The Hall–Kier alpha value is -2.07. The first-order valence-corrected chi connectivity index (χ1v) is 8.67. The van der Waals surface area contributed by atoms with Crippen LogP contribution in [0.25, 0.3) is 21.6 Å². The third kappa shape index (κ3) is 3.39. The van der Waals surface area contributed by atoms with Crippen molar-refractivity contribution >= 4 is 11.3 Å². The molecule has 0 unspecified atom stereocenters. The Kier molecular flexibility index (Phi) is 5.05. The van der Waals surface area contributed by atoms with Crippen LogP contribution in [0.3, 0.4) is 0 Å². The Bertz CT molecular complexity index is 811. The summed E-state index contributed by atoms with van der Waals surface area (Å²) in [6.45, 7) is 1.59. The highest BCUT2D eigenvalue weighted by Gasteiger charge is 2.16. The van der Waals surface area contributed by atoms with Crippen LogP contribution in [0, 0.1) is 11.6 Å². The van der Waals surface area contributed by atoms with Gasteiger partial charge in [0.25, 0.3) is 0 Å². The molecule has 3 aromatic rings. The molecule has 0 N–H and O–H groups in total. The fraction of sp³-hybridized carbons (Fsp3) is 0.200. The molecule has 3 rings (SSSR count). The maximum atomic E-state index is 14.5. The molecule has 0 aliphatic carbocycles. The summed E-state index contributed by atoms with van der Waals surface area (Å²) in [5, 5.41) is 0. The zero-order chi connectivity index (χ0) is 17.1. The first-order valence-electron chi connectivity index (χ1n) is 7.85. The van der Waals surface area contributed by atoms with Gasteiger partial charge in [0.1, 0.15) is 11.6 Å². The number of alkyl halides is 1. The zero-order valence-electron chi connectivity index (χ0n) is 13.3. The van der Waals surface area contributed by atoms with E-state index in [1.54, 1.807) is 30.3 Å². The Labute approximate surface area is 143 Å². The fourth-order valence-electron chi connectivity index (χ4n) is 2.65.